The second-order valence-electron chi connectivity index (χ2n) is 8.22. The molecule has 2 fully saturated rings. The zero-order valence-electron chi connectivity index (χ0n) is 16.8. The molecule has 4 N–H and O–H groups in total. The number of imidazole rings is 1. The van der Waals surface area contributed by atoms with Crippen LogP contribution in [0.3, 0.4) is 0 Å². The molecule has 2 aliphatic rings. The van der Waals surface area contributed by atoms with E-state index in [1.807, 2.05) is 6.92 Å². The highest BCUT2D eigenvalue weighted by Crippen LogP contribution is 2.44. The molecule has 0 aliphatic heterocycles. The summed E-state index contributed by atoms with van der Waals surface area (Å²) in [5.41, 5.74) is 7.38. The van der Waals surface area contributed by atoms with Crippen LogP contribution in [-0.2, 0) is 16.3 Å². The molecule has 3 heterocycles. The molecule has 0 aromatic carbocycles. The van der Waals surface area contributed by atoms with Crippen LogP contribution in [0, 0.1) is 5.92 Å². The molecule has 0 radical (unpaired) electrons. The Morgan fingerprint density at radius 2 is 2.03 bits per heavy atom. The first-order chi connectivity index (χ1) is 14.5. The minimum absolute atomic E-state index is 0.0814. The van der Waals surface area contributed by atoms with Crippen LogP contribution >= 0.6 is 0 Å². The molecule has 0 amide bonds. The van der Waals surface area contributed by atoms with Gasteiger partial charge in [0.1, 0.15) is 11.2 Å². The second kappa shape index (κ2) is 7.75. The van der Waals surface area contributed by atoms with Crippen molar-refractivity contribution in [2.45, 2.75) is 62.5 Å². The van der Waals surface area contributed by atoms with Crippen LogP contribution in [0.25, 0.3) is 22.1 Å². The highest BCUT2D eigenvalue weighted by Gasteiger charge is 2.43. The van der Waals surface area contributed by atoms with Crippen molar-refractivity contribution in [2.24, 2.45) is 11.7 Å². The normalized spacial score (nSPS) is 24.5. The number of nitrogens with two attached hydrogens (primary N) is 1. The third-order valence-electron chi connectivity index (χ3n) is 5.98. The average Bonchev–Trinajstić information content (AvgIpc) is 3.16. The molecule has 3 aromatic rings. The summed E-state index contributed by atoms with van der Waals surface area (Å²) < 4.78 is 70.4. The first-order valence-corrected chi connectivity index (χ1v) is 11.6. The lowest BCUT2D eigenvalue weighted by Crippen LogP contribution is -2.22. The molecule has 5 rings (SSSR count). The molecule has 0 saturated heterocycles. The van der Waals surface area contributed by atoms with Gasteiger partial charge in [-0.2, -0.15) is 21.6 Å². The Morgan fingerprint density at radius 1 is 1.32 bits per heavy atom. The van der Waals surface area contributed by atoms with Crippen molar-refractivity contribution in [2.75, 3.05) is 0 Å². The number of H-pyrrole nitrogens is 1. The fourth-order valence-electron chi connectivity index (χ4n) is 4.38. The van der Waals surface area contributed by atoms with E-state index in [2.05, 4.69) is 15.0 Å². The number of pyridine rings is 1. The molecule has 12 heteroatoms. The average molecular weight is 459 g/mol. The zero-order valence-corrected chi connectivity index (χ0v) is 17.6. The van der Waals surface area contributed by atoms with Crippen LogP contribution < -0.4 is 5.73 Å². The van der Waals surface area contributed by atoms with Crippen molar-refractivity contribution in [1.82, 2.24) is 19.5 Å². The number of aromatic nitrogens is 4. The summed E-state index contributed by atoms with van der Waals surface area (Å²) in [6.45, 7) is 2.00. The summed E-state index contributed by atoms with van der Waals surface area (Å²) in [6.07, 6.45) is 1.89. The Kier molecular flexibility index (Phi) is 5.51. The molecule has 8 nitrogen and oxygen atoms in total. The van der Waals surface area contributed by atoms with Gasteiger partial charge in [-0.05, 0) is 37.7 Å². The number of nitrogens with one attached hydrogen (secondary N) is 1. The van der Waals surface area contributed by atoms with Crippen LogP contribution in [-0.4, -0.2) is 43.8 Å². The van der Waals surface area contributed by atoms with Gasteiger partial charge in [0.15, 0.2) is 0 Å². The Bertz CT molecular complexity index is 1200. The standard InChI is InChI=1S/C16H18F3N5.C3H6O3S/c1-2-8-5-9(20)6-12(8)24-13-10-3-4-21-14(10)22-7-11(13)23-15(24)16(17,18)19;4-7(5,6)3-1-2-3/h3-4,7-9,12H,2,5-6,20H2,1H3,(H,21,22);3H,1-2H2,(H,4,5,6)/t8-,9+,12+;/m1./s1. The Morgan fingerprint density at radius 3 is 2.58 bits per heavy atom. The highest BCUT2D eigenvalue weighted by atomic mass is 32.2. The summed E-state index contributed by atoms with van der Waals surface area (Å²) in [5, 5.41) is 0.235. The highest BCUT2D eigenvalue weighted by molar-refractivity contribution is 7.86. The summed E-state index contributed by atoms with van der Waals surface area (Å²) in [5.74, 6) is -0.744. The van der Waals surface area contributed by atoms with Gasteiger partial charge in [0.2, 0.25) is 5.82 Å². The van der Waals surface area contributed by atoms with Gasteiger partial charge in [-0.1, -0.05) is 13.3 Å². The fourth-order valence-corrected chi connectivity index (χ4v) is 5.11. The van der Waals surface area contributed by atoms with E-state index in [0.29, 0.717) is 35.8 Å². The maximum atomic E-state index is 13.7. The molecule has 31 heavy (non-hydrogen) atoms. The number of hydrogen-bond acceptors (Lipinski definition) is 5. The molecule has 0 spiro atoms. The van der Waals surface area contributed by atoms with E-state index in [0.717, 1.165) is 12.8 Å². The number of aromatic amines is 1. The number of rotatable bonds is 3. The molecule has 2 aliphatic carbocycles. The summed E-state index contributed by atoms with van der Waals surface area (Å²) in [4.78, 5) is 11.0. The first kappa shape index (κ1) is 22.0. The number of halogens is 3. The van der Waals surface area contributed by atoms with Crippen LogP contribution in [0.4, 0.5) is 13.2 Å². The van der Waals surface area contributed by atoms with Gasteiger partial charge in [0.05, 0.1) is 17.0 Å². The van der Waals surface area contributed by atoms with E-state index < -0.39 is 27.4 Å². The van der Waals surface area contributed by atoms with Crippen molar-refractivity contribution < 1.29 is 26.1 Å². The van der Waals surface area contributed by atoms with E-state index in [9.17, 15) is 21.6 Å². The molecular weight excluding hydrogens is 435 g/mol. The van der Waals surface area contributed by atoms with Crippen LogP contribution in [0.15, 0.2) is 18.5 Å². The lowest BCUT2D eigenvalue weighted by Gasteiger charge is -2.23. The minimum Gasteiger partial charge on any atom is -0.346 e. The quantitative estimate of drug-likeness (QED) is 0.513. The van der Waals surface area contributed by atoms with E-state index in [4.69, 9.17) is 10.3 Å². The Balaban J connectivity index is 0.000000282. The van der Waals surface area contributed by atoms with Gasteiger partial charge in [0, 0.05) is 23.7 Å². The SMILES string of the molecule is CC[C@@H]1C[C@H](N)C[C@@H]1n1c(C(F)(F)F)nc2cnc3[nH]ccc3c21.O=S(=O)(O)C1CC1. The van der Waals surface area contributed by atoms with Crippen molar-refractivity contribution in [3.8, 4) is 0 Å². The van der Waals surface area contributed by atoms with Crippen LogP contribution in [0.2, 0.25) is 0 Å². The Hall–Kier alpha value is -2.18. The number of nitrogens with zero attached hydrogens (tertiary/aromatic N) is 3. The third-order valence-corrected chi connectivity index (χ3v) is 7.30. The zero-order chi connectivity index (χ0) is 22.6. The van der Waals surface area contributed by atoms with E-state index >= 15 is 0 Å². The van der Waals surface area contributed by atoms with Gasteiger partial charge in [-0.3, -0.25) is 4.55 Å². The molecule has 170 valence electrons. The van der Waals surface area contributed by atoms with Gasteiger partial charge < -0.3 is 15.3 Å². The third kappa shape index (κ3) is 4.28. The summed E-state index contributed by atoms with van der Waals surface area (Å²) in [7, 11) is -3.63. The van der Waals surface area contributed by atoms with Gasteiger partial charge >= 0.3 is 6.18 Å². The van der Waals surface area contributed by atoms with Crippen LogP contribution in [0.1, 0.15) is 50.9 Å². The smallest absolute Gasteiger partial charge is 0.346 e. The number of alkyl halides is 3. The molecule has 0 unspecified atom stereocenters. The summed E-state index contributed by atoms with van der Waals surface area (Å²) in [6, 6.07) is 1.37. The molecule has 3 aromatic heterocycles. The van der Waals surface area contributed by atoms with Gasteiger partial charge in [-0.15, -0.1) is 0 Å². The molecular formula is C19H24F3N5O3S. The monoisotopic (exact) mass is 459 g/mol. The van der Waals surface area contributed by atoms with Gasteiger partial charge in [-0.25, -0.2) is 9.97 Å². The van der Waals surface area contributed by atoms with E-state index in [1.54, 1.807) is 12.3 Å². The van der Waals surface area contributed by atoms with E-state index in [1.165, 1.54) is 10.8 Å². The summed E-state index contributed by atoms with van der Waals surface area (Å²) >= 11 is 0. The van der Waals surface area contributed by atoms with Gasteiger partial charge in [0.25, 0.3) is 10.1 Å². The fraction of sp³-hybridized carbons (Fsp3) is 0.579. The Labute approximate surface area is 176 Å². The number of hydrogen-bond donors (Lipinski definition) is 3. The van der Waals surface area contributed by atoms with Crippen molar-refractivity contribution in [3.05, 3.63) is 24.3 Å². The maximum absolute atomic E-state index is 13.7. The van der Waals surface area contributed by atoms with E-state index in [-0.39, 0.29) is 23.5 Å². The maximum Gasteiger partial charge on any atom is 0.449 e. The lowest BCUT2D eigenvalue weighted by atomic mass is 10.00. The predicted octanol–water partition coefficient (Wildman–Crippen LogP) is 3.66. The number of fused-ring (bicyclic) bond motifs is 3. The van der Waals surface area contributed by atoms with Crippen molar-refractivity contribution in [3.63, 3.8) is 0 Å². The van der Waals surface area contributed by atoms with Crippen LogP contribution in [0.5, 0.6) is 0 Å². The predicted molar refractivity (Wildman–Crippen MR) is 109 cm³/mol. The molecule has 3 atom stereocenters. The topological polar surface area (TPSA) is 127 Å². The van der Waals surface area contributed by atoms with Crippen molar-refractivity contribution in [1.29, 1.82) is 0 Å². The van der Waals surface area contributed by atoms with Crippen molar-refractivity contribution >= 4 is 32.2 Å². The first-order valence-electron chi connectivity index (χ1n) is 10.1. The second-order valence-corrected chi connectivity index (χ2v) is 9.91. The largest absolute Gasteiger partial charge is 0.449 e. The lowest BCUT2D eigenvalue weighted by molar-refractivity contribution is -0.147. The minimum atomic E-state index is -4.52. The molecule has 2 saturated carbocycles. The molecule has 0 bridgehead atoms.